The van der Waals surface area contributed by atoms with Crippen LogP contribution in [0.15, 0.2) is 60.8 Å². The maximum absolute atomic E-state index is 15.5. The average Bonchev–Trinajstić information content (AvgIpc) is 1.50. The van der Waals surface area contributed by atoms with Gasteiger partial charge in [-0.25, -0.2) is 4.79 Å². The number of likely N-dealkylation sites (N-methyl/N-ethyl adjacent to an activating group) is 5. The molecule has 0 aliphatic carbocycles. The zero-order valence-corrected chi connectivity index (χ0v) is 64.3. The fourth-order valence-electron chi connectivity index (χ4n) is 12.7. The number of cyclic esters (lactones) is 1. The molecule has 1 aliphatic rings. The number of esters is 1. The molecular weight excluding hydrogens is 1310 g/mol. The van der Waals surface area contributed by atoms with Crippen molar-refractivity contribution in [2.45, 2.75) is 235 Å². The van der Waals surface area contributed by atoms with E-state index in [4.69, 9.17) is 4.74 Å². The SMILES string of the molecule is CN[C@H](C(=O)N[C@H](C(=O)N[C@@H]1C(=O)N(C)[C@@H]([C@@H](C)O)C(=O)N[C@@H](C(C)C)C(=O)N(C)[C@@H](CC(C)C)C(=O)N[C@@H](C(C)C)C(=O)N(C)[C@@H](CC(C)C)C(=O)N(C)[C@@H](Cc2c[nH]c3ccccc23)C(=O)N[C@@H](C(C)C)C(=O)N[C@@H](Cc2ccccc2)C(=O)N[C@@H](C(C)C)C(=O)O[C@@H]1C)C(C)C)C(C)C. The molecule has 0 spiro atoms. The van der Waals surface area contributed by atoms with Gasteiger partial charge in [-0.2, -0.15) is 0 Å². The molecule has 568 valence electrons. The van der Waals surface area contributed by atoms with E-state index in [0.717, 1.165) is 15.8 Å². The number of aromatic nitrogens is 1. The Hall–Kier alpha value is -8.46. The fraction of sp³-hybridized carbons (Fsp3) is 0.653. The third-order valence-electron chi connectivity index (χ3n) is 19.0. The summed E-state index contributed by atoms with van der Waals surface area (Å²) < 4.78 is 6.09. The lowest BCUT2D eigenvalue weighted by atomic mass is 9.95. The Balaban J connectivity index is 2.03. The lowest BCUT2D eigenvalue weighted by Crippen LogP contribution is -2.65. The highest BCUT2D eigenvalue weighted by Gasteiger charge is 2.46. The summed E-state index contributed by atoms with van der Waals surface area (Å²) in [4.78, 5) is 188. The van der Waals surface area contributed by atoms with E-state index in [1.54, 1.807) is 113 Å². The lowest BCUT2D eigenvalue weighted by Gasteiger charge is -2.38. The van der Waals surface area contributed by atoms with Crippen molar-refractivity contribution < 1.29 is 67.4 Å². The molecule has 2 heterocycles. The maximum atomic E-state index is 15.5. The van der Waals surface area contributed by atoms with Gasteiger partial charge < -0.3 is 77.0 Å². The number of fused-ring (bicyclic) bond motifs is 1. The van der Waals surface area contributed by atoms with Crippen LogP contribution < -0.4 is 42.5 Å². The number of benzene rings is 2. The van der Waals surface area contributed by atoms with Crippen LogP contribution in [0, 0.1) is 47.3 Å². The molecule has 0 radical (unpaired) electrons. The molecular formula is C75H119N13O14. The highest BCUT2D eigenvalue weighted by molar-refractivity contribution is 6.00. The van der Waals surface area contributed by atoms with Crippen LogP contribution in [-0.2, 0) is 75.1 Å². The van der Waals surface area contributed by atoms with Crippen LogP contribution in [-0.4, -0.2) is 221 Å². The zero-order chi connectivity index (χ0) is 77.2. The monoisotopic (exact) mass is 1430 g/mol. The number of rotatable bonds is 20. The summed E-state index contributed by atoms with van der Waals surface area (Å²) in [6, 6.07) is -0.537. The molecule has 10 N–H and O–H groups in total. The predicted octanol–water partition coefficient (Wildman–Crippen LogP) is 3.60. The lowest BCUT2D eigenvalue weighted by molar-refractivity contribution is -0.160. The Kier molecular flexibility index (Phi) is 32.6. The van der Waals surface area contributed by atoms with Crippen LogP contribution in [0.4, 0.5) is 0 Å². The van der Waals surface area contributed by atoms with Crippen molar-refractivity contribution in [1.29, 1.82) is 0 Å². The second kappa shape index (κ2) is 38.7. The molecule has 14 atom stereocenters. The van der Waals surface area contributed by atoms with E-state index in [-0.39, 0.29) is 43.4 Å². The Morgan fingerprint density at radius 3 is 1.48 bits per heavy atom. The number of hydrogen-bond donors (Lipinski definition) is 10. The molecule has 0 saturated carbocycles. The van der Waals surface area contributed by atoms with Gasteiger partial charge in [0.25, 0.3) is 0 Å². The molecule has 4 rings (SSSR count). The molecule has 1 aliphatic heterocycles. The number of nitrogens with one attached hydrogen (secondary N) is 9. The smallest absolute Gasteiger partial charge is 0.329 e. The van der Waals surface area contributed by atoms with Crippen LogP contribution in [0.1, 0.15) is 149 Å². The Morgan fingerprint density at radius 2 is 0.971 bits per heavy atom. The van der Waals surface area contributed by atoms with Crippen molar-refractivity contribution in [3.63, 3.8) is 0 Å². The van der Waals surface area contributed by atoms with Crippen molar-refractivity contribution in [2.24, 2.45) is 47.3 Å². The van der Waals surface area contributed by atoms with E-state index in [2.05, 4.69) is 47.5 Å². The van der Waals surface area contributed by atoms with E-state index in [0.29, 0.717) is 11.1 Å². The Morgan fingerprint density at radius 1 is 0.500 bits per heavy atom. The van der Waals surface area contributed by atoms with E-state index < -0.39 is 185 Å². The second-order valence-electron chi connectivity index (χ2n) is 30.4. The number of hydrogen-bond acceptors (Lipinski definition) is 15. The number of H-pyrrole nitrogens is 1. The first-order valence-corrected chi connectivity index (χ1v) is 35.9. The molecule has 1 fully saturated rings. The maximum Gasteiger partial charge on any atom is 0.329 e. The first kappa shape index (κ1) is 85.9. The molecule has 0 unspecified atom stereocenters. The molecule has 2 aromatic carbocycles. The van der Waals surface area contributed by atoms with Crippen molar-refractivity contribution in [2.75, 3.05) is 35.2 Å². The second-order valence-corrected chi connectivity index (χ2v) is 30.4. The molecule has 27 heteroatoms. The van der Waals surface area contributed by atoms with Crippen LogP contribution in [0.3, 0.4) is 0 Å². The van der Waals surface area contributed by atoms with Crippen molar-refractivity contribution >= 4 is 81.9 Å². The first-order valence-electron chi connectivity index (χ1n) is 35.9. The normalized spacial score (nSPS) is 24.8. The van der Waals surface area contributed by atoms with Gasteiger partial charge in [-0.15, -0.1) is 0 Å². The minimum Gasteiger partial charge on any atom is -0.458 e. The average molecular weight is 1430 g/mol. The number of para-hydroxylation sites is 1. The summed E-state index contributed by atoms with van der Waals surface area (Å²) in [6.45, 7) is 30.2. The number of carbonyl (C=O) groups is 12. The van der Waals surface area contributed by atoms with E-state index in [1.807, 2.05) is 65.8 Å². The van der Waals surface area contributed by atoms with Gasteiger partial charge in [0.15, 0.2) is 0 Å². The molecule has 1 saturated heterocycles. The summed E-state index contributed by atoms with van der Waals surface area (Å²) in [5, 5.41) is 34.8. The summed E-state index contributed by atoms with van der Waals surface area (Å²) in [6.07, 6.45) is -1.65. The quantitative estimate of drug-likeness (QED) is 0.0723. The van der Waals surface area contributed by atoms with Crippen LogP contribution in [0.5, 0.6) is 0 Å². The Labute approximate surface area is 603 Å². The predicted molar refractivity (Wildman–Crippen MR) is 390 cm³/mol. The number of ether oxygens (including phenoxy) is 1. The number of nitrogens with zero attached hydrogens (tertiary/aromatic N) is 4. The molecule has 0 bridgehead atoms. The minimum atomic E-state index is -1.89. The van der Waals surface area contributed by atoms with Gasteiger partial charge in [-0.1, -0.05) is 159 Å². The van der Waals surface area contributed by atoms with Gasteiger partial charge in [0.1, 0.15) is 72.6 Å². The molecule has 11 amide bonds. The summed E-state index contributed by atoms with van der Waals surface area (Å²) in [5.41, 5.74) is 2.00. The van der Waals surface area contributed by atoms with Gasteiger partial charge in [0.05, 0.1) is 12.1 Å². The third kappa shape index (κ3) is 22.8. The van der Waals surface area contributed by atoms with Crippen molar-refractivity contribution in [1.82, 2.24) is 67.1 Å². The van der Waals surface area contributed by atoms with Gasteiger partial charge in [-0.3, -0.25) is 52.7 Å². The third-order valence-corrected chi connectivity index (χ3v) is 19.0. The number of aromatic amines is 1. The van der Waals surface area contributed by atoms with E-state index in [9.17, 15) is 24.3 Å². The van der Waals surface area contributed by atoms with Gasteiger partial charge in [-0.05, 0) is 98.3 Å². The van der Waals surface area contributed by atoms with Crippen molar-refractivity contribution in [3.05, 3.63) is 71.9 Å². The highest BCUT2D eigenvalue weighted by atomic mass is 16.5. The molecule has 3 aromatic rings. The fourth-order valence-corrected chi connectivity index (χ4v) is 12.7. The van der Waals surface area contributed by atoms with Gasteiger partial charge in [0, 0.05) is 58.1 Å². The van der Waals surface area contributed by atoms with Gasteiger partial charge >= 0.3 is 5.97 Å². The van der Waals surface area contributed by atoms with Crippen molar-refractivity contribution in [3.8, 4) is 0 Å². The van der Waals surface area contributed by atoms with E-state index >= 15 is 38.4 Å². The summed E-state index contributed by atoms with van der Waals surface area (Å²) >= 11 is 0. The number of aliphatic hydroxyl groups excluding tert-OH is 1. The highest BCUT2D eigenvalue weighted by Crippen LogP contribution is 2.26. The standard InChI is InChI=1S/C75H119N13O14/c1-38(2)33-53-65(91)81-59(43(11)12)73(99)87(22)55(34-39(3)4)71(97)85(20)54(36-49-37-77-51-32-28-27-31-50(49)51)66(92)79-57(41(7)8)68(94)78-52(35-48-29-25-24-26-30-48)64(90)83-61(45(15)16)75(101)102-47(18)62(84-69(95)58(42(9)10)80-67(93)56(76-19)40(5)6)74(100)88(23)63(46(17)89)70(96)82-60(44(13)14)72(98)86(53)21/h24-32,37-47,52-63,76-77,89H,33-36H2,1-23H3,(H,78,94)(H,79,92)(H,80,93)(H,81,91)(H,82,96)(H,83,90)(H,84,95)/t46-,47-,52+,53+,54+,55+,56+,57+,58+,59+,60+,61+,62+,63+/m1/s1. The van der Waals surface area contributed by atoms with Gasteiger partial charge in [0.2, 0.25) is 65.0 Å². The first-order chi connectivity index (χ1) is 47.6. The summed E-state index contributed by atoms with van der Waals surface area (Å²) in [5.74, 6) is -13.8. The zero-order valence-electron chi connectivity index (χ0n) is 64.3. The molecule has 27 nitrogen and oxygen atoms in total. The van der Waals surface area contributed by atoms with Crippen LogP contribution in [0.2, 0.25) is 0 Å². The number of aliphatic hydroxyl groups is 1. The Bertz CT molecular complexity index is 3370. The topological polar surface area (TPSA) is 359 Å². The minimum absolute atomic E-state index is 0.0667. The molecule has 102 heavy (non-hydrogen) atoms. The number of carbonyl (C=O) groups excluding carboxylic acids is 12. The van der Waals surface area contributed by atoms with Crippen LogP contribution >= 0.6 is 0 Å². The largest absolute Gasteiger partial charge is 0.458 e. The van der Waals surface area contributed by atoms with Crippen LogP contribution in [0.25, 0.3) is 10.9 Å². The molecule has 1 aromatic heterocycles. The summed E-state index contributed by atoms with van der Waals surface area (Å²) in [7, 11) is 7.04. The van der Waals surface area contributed by atoms with E-state index in [1.165, 1.54) is 56.7 Å². The number of amides is 11.